The van der Waals surface area contributed by atoms with Crippen LogP contribution >= 0.6 is 0 Å². The van der Waals surface area contributed by atoms with Gasteiger partial charge >= 0.3 is 0 Å². The van der Waals surface area contributed by atoms with E-state index in [2.05, 4.69) is 10.6 Å². The number of hydrogen-bond acceptors (Lipinski definition) is 3. The molecule has 0 bridgehead atoms. The van der Waals surface area contributed by atoms with Crippen molar-refractivity contribution in [1.29, 1.82) is 0 Å². The fourth-order valence-corrected chi connectivity index (χ4v) is 3.51. The largest absolute Gasteiger partial charge is 0.378 e. The number of rotatable bonds is 8. The van der Waals surface area contributed by atoms with Gasteiger partial charge in [-0.25, -0.2) is 0 Å². The Morgan fingerprint density at radius 1 is 1.10 bits per heavy atom. The molecule has 122 valence electrons. The first-order chi connectivity index (χ1) is 10.3. The molecule has 21 heavy (non-hydrogen) atoms. The predicted molar refractivity (Wildman–Crippen MR) is 85.3 cm³/mol. The fourth-order valence-electron chi connectivity index (χ4n) is 3.51. The summed E-state index contributed by atoms with van der Waals surface area (Å²) in [7, 11) is 0. The van der Waals surface area contributed by atoms with E-state index in [9.17, 15) is 4.79 Å². The number of amides is 1. The first-order valence-electron chi connectivity index (χ1n) is 8.89. The zero-order valence-electron chi connectivity index (χ0n) is 13.5. The molecule has 2 aliphatic carbocycles. The van der Waals surface area contributed by atoms with Crippen molar-refractivity contribution in [1.82, 2.24) is 10.6 Å². The van der Waals surface area contributed by atoms with E-state index in [0.29, 0.717) is 24.5 Å². The molecule has 0 aromatic rings. The van der Waals surface area contributed by atoms with Crippen molar-refractivity contribution in [2.45, 2.75) is 76.9 Å². The molecule has 0 spiro atoms. The third-order valence-corrected chi connectivity index (χ3v) is 4.80. The van der Waals surface area contributed by atoms with Crippen molar-refractivity contribution in [3.05, 3.63) is 0 Å². The lowest BCUT2D eigenvalue weighted by Gasteiger charge is -2.34. The van der Waals surface area contributed by atoms with Crippen LogP contribution in [0.5, 0.6) is 0 Å². The molecule has 0 aromatic carbocycles. The van der Waals surface area contributed by atoms with Crippen molar-refractivity contribution in [2.75, 3.05) is 19.7 Å². The van der Waals surface area contributed by atoms with Crippen LogP contribution in [0.15, 0.2) is 0 Å². The van der Waals surface area contributed by atoms with Crippen LogP contribution in [-0.4, -0.2) is 37.7 Å². The molecule has 2 saturated carbocycles. The Balaban J connectivity index is 1.46. The summed E-state index contributed by atoms with van der Waals surface area (Å²) in [6, 6.07) is 0.669. The van der Waals surface area contributed by atoms with Gasteiger partial charge in [-0.1, -0.05) is 25.7 Å². The number of carbonyl (C=O) groups is 1. The van der Waals surface area contributed by atoms with Gasteiger partial charge in [0, 0.05) is 32.2 Å². The Hall–Kier alpha value is -0.610. The van der Waals surface area contributed by atoms with Gasteiger partial charge in [0.2, 0.25) is 5.91 Å². The zero-order chi connectivity index (χ0) is 14.9. The second-order valence-corrected chi connectivity index (χ2v) is 6.61. The summed E-state index contributed by atoms with van der Waals surface area (Å²) in [5.41, 5.74) is 0. The molecule has 1 amide bonds. The Kier molecular flexibility index (Phi) is 7.51. The van der Waals surface area contributed by atoms with Gasteiger partial charge < -0.3 is 15.4 Å². The zero-order valence-corrected chi connectivity index (χ0v) is 13.5. The van der Waals surface area contributed by atoms with Crippen LogP contribution in [0.4, 0.5) is 0 Å². The van der Waals surface area contributed by atoms with Gasteiger partial charge in [-0.15, -0.1) is 0 Å². The first kappa shape index (κ1) is 16.8. The highest BCUT2D eigenvalue weighted by Gasteiger charge is 2.30. The number of ether oxygens (including phenoxy) is 1. The van der Waals surface area contributed by atoms with Crippen molar-refractivity contribution >= 4 is 5.91 Å². The highest BCUT2D eigenvalue weighted by atomic mass is 16.5. The molecule has 2 N–H and O–H groups in total. The van der Waals surface area contributed by atoms with E-state index in [0.717, 1.165) is 32.5 Å². The van der Waals surface area contributed by atoms with E-state index in [1.165, 1.54) is 38.5 Å². The summed E-state index contributed by atoms with van der Waals surface area (Å²) in [6.45, 7) is 4.48. The number of nitrogens with one attached hydrogen (secondary N) is 2. The molecule has 0 aromatic heterocycles. The normalized spacial score (nSPS) is 26.9. The average molecular weight is 296 g/mol. The van der Waals surface area contributed by atoms with Gasteiger partial charge in [0.25, 0.3) is 0 Å². The van der Waals surface area contributed by atoms with Gasteiger partial charge in [-0.2, -0.15) is 0 Å². The molecule has 0 saturated heterocycles. The van der Waals surface area contributed by atoms with Crippen LogP contribution in [0, 0.1) is 5.92 Å². The van der Waals surface area contributed by atoms with E-state index in [1.54, 1.807) is 0 Å². The molecule has 2 rings (SSSR count). The quantitative estimate of drug-likeness (QED) is 0.535. The highest BCUT2D eigenvalue weighted by molar-refractivity contribution is 5.76. The molecule has 4 heteroatoms. The van der Waals surface area contributed by atoms with Crippen LogP contribution < -0.4 is 10.6 Å². The molecular formula is C17H32N2O2. The van der Waals surface area contributed by atoms with Crippen LogP contribution in [0.2, 0.25) is 0 Å². The molecular weight excluding hydrogens is 264 g/mol. The third kappa shape index (κ3) is 6.35. The molecule has 0 aliphatic heterocycles. The summed E-state index contributed by atoms with van der Waals surface area (Å²) in [5.74, 6) is 0.744. The highest BCUT2D eigenvalue weighted by Crippen LogP contribution is 2.32. The van der Waals surface area contributed by atoms with Gasteiger partial charge in [0.05, 0.1) is 6.10 Å². The standard InChI is InChI=1S/C17H32N2O2/c1-2-21-16-11-14(12-16)13-17(20)19-10-9-18-15-7-5-3-4-6-8-15/h14-16,18H,2-13H2,1H3,(H,19,20). The fraction of sp³-hybridized carbons (Fsp3) is 0.941. The van der Waals surface area contributed by atoms with Crippen molar-refractivity contribution in [3.63, 3.8) is 0 Å². The van der Waals surface area contributed by atoms with Gasteiger partial charge in [0.1, 0.15) is 0 Å². The lowest BCUT2D eigenvalue weighted by molar-refractivity contribution is -0.124. The molecule has 2 aliphatic rings. The molecule has 0 radical (unpaired) electrons. The minimum atomic E-state index is 0.206. The summed E-state index contributed by atoms with van der Waals surface area (Å²) in [5, 5.41) is 6.63. The Morgan fingerprint density at radius 2 is 1.81 bits per heavy atom. The SMILES string of the molecule is CCOC1CC(CC(=O)NCCNC2CCCCCC2)C1. The topological polar surface area (TPSA) is 50.4 Å². The first-order valence-corrected chi connectivity index (χ1v) is 8.89. The Morgan fingerprint density at radius 3 is 2.48 bits per heavy atom. The number of carbonyl (C=O) groups excluding carboxylic acids is 1. The van der Waals surface area contributed by atoms with Gasteiger partial charge in [-0.3, -0.25) is 4.79 Å². The van der Waals surface area contributed by atoms with Crippen LogP contribution in [0.1, 0.15) is 64.7 Å². The number of hydrogen-bond donors (Lipinski definition) is 2. The second-order valence-electron chi connectivity index (χ2n) is 6.61. The lowest BCUT2D eigenvalue weighted by Crippen LogP contribution is -2.39. The summed E-state index contributed by atoms with van der Waals surface area (Å²) in [6.07, 6.45) is 11.3. The predicted octanol–water partition coefficient (Wildman–Crippen LogP) is 2.62. The summed E-state index contributed by atoms with van der Waals surface area (Å²) in [4.78, 5) is 11.8. The van der Waals surface area contributed by atoms with E-state index in [4.69, 9.17) is 4.74 Å². The van der Waals surface area contributed by atoms with Gasteiger partial charge in [-0.05, 0) is 38.5 Å². The van der Waals surface area contributed by atoms with Gasteiger partial charge in [0.15, 0.2) is 0 Å². The maximum absolute atomic E-state index is 11.8. The third-order valence-electron chi connectivity index (χ3n) is 4.80. The van der Waals surface area contributed by atoms with E-state index in [1.807, 2.05) is 6.92 Å². The minimum absolute atomic E-state index is 0.206. The maximum Gasteiger partial charge on any atom is 0.220 e. The summed E-state index contributed by atoms with van der Waals surface area (Å²) < 4.78 is 5.52. The molecule has 2 fully saturated rings. The van der Waals surface area contributed by atoms with E-state index >= 15 is 0 Å². The molecule has 0 heterocycles. The molecule has 4 nitrogen and oxygen atoms in total. The molecule has 0 unspecified atom stereocenters. The van der Waals surface area contributed by atoms with Crippen molar-refractivity contribution < 1.29 is 9.53 Å². The Bertz CT molecular complexity index is 295. The Labute approximate surface area is 129 Å². The maximum atomic E-state index is 11.8. The van der Waals surface area contributed by atoms with Crippen LogP contribution in [-0.2, 0) is 9.53 Å². The molecule has 0 atom stereocenters. The van der Waals surface area contributed by atoms with Crippen molar-refractivity contribution in [3.8, 4) is 0 Å². The second kappa shape index (κ2) is 9.42. The van der Waals surface area contributed by atoms with Crippen LogP contribution in [0.25, 0.3) is 0 Å². The van der Waals surface area contributed by atoms with E-state index < -0.39 is 0 Å². The minimum Gasteiger partial charge on any atom is -0.378 e. The average Bonchev–Trinajstić information content (AvgIpc) is 2.70. The monoisotopic (exact) mass is 296 g/mol. The van der Waals surface area contributed by atoms with Crippen LogP contribution in [0.3, 0.4) is 0 Å². The lowest BCUT2D eigenvalue weighted by atomic mass is 9.80. The van der Waals surface area contributed by atoms with Crippen molar-refractivity contribution in [2.24, 2.45) is 5.92 Å². The smallest absolute Gasteiger partial charge is 0.220 e. The van der Waals surface area contributed by atoms with E-state index in [-0.39, 0.29) is 5.91 Å². The summed E-state index contributed by atoms with van der Waals surface area (Å²) >= 11 is 0.